The summed E-state index contributed by atoms with van der Waals surface area (Å²) in [7, 11) is 0. The van der Waals surface area contributed by atoms with Crippen LogP contribution in [0.15, 0.2) is 12.1 Å². The SMILES string of the molecule is CCCNC(=O)CCNc1cc2c(cc1N)CC(=O)N2. The van der Waals surface area contributed by atoms with Crippen LogP contribution in [0, 0.1) is 0 Å². The Kier molecular flexibility index (Phi) is 4.45. The fourth-order valence-electron chi connectivity index (χ4n) is 2.11. The molecular formula is C14H20N4O2. The van der Waals surface area contributed by atoms with Crippen LogP contribution in [0.25, 0.3) is 0 Å². The van der Waals surface area contributed by atoms with Crippen LogP contribution in [0.4, 0.5) is 17.1 Å². The number of fused-ring (bicyclic) bond motifs is 1. The Morgan fingerprint density at radius 2 is 2.20 bits per heavy atom. The number of amides is 2. The van der Waals surface area contributed by atoms with E-state index in [0.717, 1.165) is 23.4 Å². The minimum Gasteiger partial charge on any atom is -0.397 e. The van der Waals surface area contributed by atoms with Gasteiger partial charge >= 0.3 is 0 Å². The average molecular weight is 276 g/mol. The fourth-order valence-corrected chi connectivity index (χ4v) is 2.11. The van der Waals surface area contributed by atoms with Gasteiger partial charge in [0.1, 0.15) is 0 Å². The van der Waals surface area contributed by atoms with Crippen molar-refractivity contribution in [1.82, 2.24) is 5.32 Å². The molecule has 0 radical (unpaired) electrons. The van der Waals surface area contributed by atoms with Crippen molar-refractivity contribution in [1.29, 1.82) is 0 Å². The second kappa shape index (κ2) is 6.27. The van der Waals surface area contributed by atoms with Gasteiger partial charge in [-0.1, -0.05) is 6.92 Å². The highest BCUT2D eigenvalue weighted by atomic mass is 16.2. The van der Waals surface area contributed by atoms with E-state index in [1.807, 2.05) is 13.0 Å². The molecule has 0 unspecified atom stereocenters. The lowest BCUT2D eigenvalue weighted by molar-refractivity contribution is -0.120. The lowest BCUT2D eigenvalue weighted by Gasteiger charge is -2.11. The van der Waals surface area contributed by atoms with E-state index in [4.69, 9.17) is 5.73 Å². The van der Waals surface area contributed by atoms with Crippen molar-refractivity contribution in [3.05, 3.63) is 17.7 Å². The van der Waals surface area contributed by atoms with Gasteiger partial charge in [0.2, 0.25) is 11.8 Å². The summed E-state index contributed by atoms with van der Waals surface area (Å²) in [6.45, 7) is 3.22. The molecule has 0 saturated carbocycles. The van der Waals surface area contributed by atoms with Gasteiger partial charge in [-0.2, -0.15) is 0 Å². The molecule has 108 valence electrons. The minimum absolute atomic E-state index is 0.0181. The summed E-state index contributed by atoms with van der Waals surface area (Å²) in [6.07, 6.45) is 1.69. The molecule has 1 aromatic rings. The number of nitrogens with two attached hydrogens (primary N) is 1. The molecule has 1 aromatic carbocycles. The molecular weight excluding hydrogens is 256 g/mol. The van der Waals surface area contributed by atoms with Crippen LogP contribution < -0.4 is 21.7 Å². The molecule has 0 atom stereocenters. The van der Waals surface area contributed by atoms with Gasteiger partial charge in [-0.05, 0) is 24.1 Å². The number of nitrogen functional groups attached to an aromatic ring is 1. The molecule has 0 spiro atoms. The summed E-state index contributed by atoms with van der Waals surface area (Å²) in [5.41, 5.74) is 8.98. The van der Waals surface area contributed by atoms with Crippen molar-refractivity contribution in [2.45, 2.75) is 26.2 Å². The molecule has 20 heavy (non-hydrogen) atoms. The maximum Gasteiger partial charge on any atom is 0.228 e. The number of anilines is 3. The maximum atomic E-state index is 11.5. The highest BCUT2D eigenvalue weighted by Gasteiger charge is 2.19. The van der Waals surface area contributed by atoms with Gasteiger partial charge < -0.3 is 21.7 Å². The molecule has 0 aliphatic carbocycles. The Hall–Kier alpha value is -2.24. The van der Waals surface area contributed by atoms with Gasteiger partial charge in [0, 0.05) is 25.2 Å². The summed E-state index contributed by atoms with van der Waals surface area (Å²) in [5, 5.41) is 8.72. The van der Waals surface area contributed by atoms with Crippen LogP contribution in [0.1, 0.15) is 25.3 Å². The molecule has 0 fully saturated rings. The largest absolute Gasteiger partial charge is 0.397 e. The van der Waals surface area contributed by atoms with Gasteiger partial charge in [-0.15, -0.1) is 0 Å². The lowest BCUT2D eigenvalue weighted by Crippen LogP contribution is -2.25. The molecule has 0 bridgehead atoms. The van der Waals surface area contributed by atoms with E-state index in [-0.39, 0.29) is 11.8 Å². The van der Waals surface area contributed by atoms with Gasteiger partial charge in [-0.3, -0.25) is 9.59 Å². The minimum atomic E-state index is -0.0181. The Morgan fingerprint density at radius 3 is 2.95 bits per heavy atom. The van der Waals surface area contributed by atoms with Crippen LogP contribution in [0.5, 0.6) is 0 Å². The molecule has 1 heterocycles. The molecule has 1 aliphatic rings. The standard InChI is InChI=1S/C14H20N4O2/c1-2-4-17-13(19)3-5-16-12-8-11-9(6-10(12)15)7-14(20)18-11/h6,8,16H,2-5,7,15H2,1H3,(H,17,19)(H,18,20). The molecule has 2 rings (SSSR count). The van der Waals surface area contributed by atoms with Crippen molar-refractivity contribution in [3.8, 4) is 0 Å². The Labute approximate surface area is 118 Å². The molecule has 1 aliphatic heterocycles. The molecule has 5 N–H and O–H groups in total. The van der Waals surface area contributed by atoms with E-state index < -0.39 is 0 Å². The number of hydrogen-bond acceptors (Lipinski definition) is 4. The topological polar surface area (TPSA) is 96.2 Å². The van der Waals surface area contributed by atoms with Crippen molar-refractivity contribution >= 4 is 28.9 Å². The summed E-state index contributed by atoms with van der Waals surface area (Å²) in [6, 6.07) is 3.62. The monoisotopic (exact) mass is 276 g/mol. The summed E-state index contributed by atoms with van der Waals surface area (Å²) >= 11 is 0. The third kappa shape index (κ3) is 3.40. The third-order valence-corrected chi connectivity index (χ3v) is 3.14. The van der Waals surface area contributed by atoms with Crippen molar-refractivity contribution in [2.75, 3.05) is 29.5 Å². The average Bonchev–Trinajstić information content (AvgIpc) is 2.75. The Bertz CT molecular complexity index is 528. The predicted molar refractivity (Wildman–Crippen MR) is 79.6 cm³/mol. The first-order valence-corrected chi connectivity index (χ1v) is 6.83. The van der Waals surface area contributed by atoms with Gasteiger partial charge in [0.15, 0.2) is 0 Å². The Morgan fingerprint density at radius 1 is 1.40 bits per heavy atom. The Balaban J connectivity index is 1.89. The number of benzene rings is 1. The molecule has 6 heteroatoms. The first-order chi connectivity index (χ1) is 9.60. The quantitative estimate of drug-likeness (QED) is 0.585. The van der Waals surface area contributed by atoms with Crippen LogP contribution in [0.2, 0.25) is 0 Å². The number of carbonyl (C=O) groups is 2. The molecule has 0 aromatic heterocycles. The van der Waals surface area contributed by atoms with Crippen LogP contribution in [-0.2, 0) is 16.0 Å². The maximum absolute atomic E-state index is 11.5. The van der Waals surface area contributed by atoms with E-state index in [0.29, 0.717) is 31.6 Å². The molecule has 6 nitrogen and oxygen atoms in total. The summed E-state index contributed by atoms with van der Waals surface area (Å²) in [4.78, 5) is 22.8. The van der Waals surface area contributed by atoms with E-state index >= 15 is 0 Å². The number of nitrogens with one attached hydrogen (secondary N) is 3. The predicted octanol–water partition coefficient (Wildman–Crippen LogP) is 1.09. The fraction of sp³-hybridized carbons (Fsp3) is 0.429. The zero-order valence-corrected chi connectivity index (χ0v) is 11.6. The van der Waals surface area contributed by atoms with Crippen molar-refractivity contribution < 1.29 is 9.59 Å². The zero-order chi connectivity index (χ0) is 14.5. The van der Waals surface area contributed by atoms with Gasteiger partial charge in [-0.25, -0.2) is 0 Å². The van der Waals surface area contributed by atoms with Crippen LogP contribution >= 0.6 is 0 Å². The lowest BCUT2D eigenvalue weighted by atomic mass is 10.1. The first-order valence-electron chi connectivity index (χ1n) is 6.83. The van der Waals surface area contributed by atoms with Gasteiger partial charge in [0.05, 0.1) is 17.8 Å². The summed E-state index contributed by atoms with van der Waals surface area (Å²) < 4.78 is 0. The number of hydrogen-bond donors (Lipinski definition) is 4. The molecule has 2 amide bonds. The summed E-state index contributed by atoms with van der Waals surface area (Å²) in [5.74, 6) is 0.00266. The third-order valence-electron chi connectivity index (χ3n) is 3.14. The second-order valence-electron chi connectivity index (χ2n) is 4.85. The van der Waals surface area contributed by atoms with E-state index in [1.54, 1.807) is 6.07 Å². The second-order valence-corrected chi connectivity index (χ2v) is 4.85. The number of carbonyl (C=O) groups excluding carboxylic acids is 2. The van der Waals surface area contributed by atoms with Crippen LogP contribution in [0.3, 0.4) is 0 Å². The number of rotatable bonds is 6. The first kappa shape index (κ1) is 14.2. The van der Waals surface area contributed by atoms with E-state index in [9.17, 15) is 9.59 Å². The van der Waals surface area contributed by atoms with Crippen LogP contribution in [-0.4, -0.2) is 24.9 Å². The van der Waals surface area contributed by atoms with E-state index in [1.165, 1.54) is 0 Å². The molecule has 0 saturated heterocycles. The highest BCUT2D eigenvalue weighted by molar-refractivity contribution is 6.00. The van der Waals surface area contributed by atoms with Crippen molar-refractivity contribution in [3.63, 3.8) is 0 Å². The van der Waals surface area contributed by atoms with Gasteiger partial charge in [0.25, 0.3) is 0 Å². The van der Waals surface area contributed by atoms with Crippen molar-refractivity contribution in [2.24, 2.45) is 0 Å². The highest BCUT2D eigenvalue weighted by Crippen LogP contribution is 2.31. The zero-order valence-electron chi connectivity index (χ0n) is 11.6. The smallest absolute Gasteiger partial charge is 0.228 e. The normalized spacial score (nSPS) is 12.8. The van der Waals surface area contributed by atoms with E-state index in [2.05, 4.69) is 16.0 Å².